The van der Waals surface area contributed by atoms with E-state index in [1.54, 1.807) is 0 Å². The Labute approximate surface area is 111 Å². The van der Waals surface area contributed by atoms with Crippen LogP contribution in [0.1, 0.15) is 10.5 Å². The van der Waals surface area contributed by atoms with Crippen molar-refractivity contribution < 1.29 is 9.53 Å². The lowest BCUT2D eigenvalue weighted by Crippen LogP contribution is -2.37. The van der Waals surface area contributed by atoms with E-state index in [-0.39, 0.29) is 0 Å². The van der Waals surface area contributed by atoms with Gasteiger partial charge in [-0.15, -0.1) is 0 Å². The highest BCUT2D eigenvalue weighted by molar-refractivity contribution is 6.00. The number of para-hydroxylation sites is 1. The van der Waals surface area contributed by atoms with Gasteiger partial charge in [-0.1, -0.05) is 18.2 Å². The number of ether oxygens (including phenoxy) is 1. The molecule has 1 aromatic carbocycles. The third-order valence-corrected chi connectivity index (χ3v) is 3.29. The second kappa shape index (κ2) is 4.85. The third kappa shape index (κ3) is 2.24. The molecule has 19 heavy (non-hydrogen) atoms. The van der Waals surface area contributed by atoms with Crippen molar-refractivity contribution in [2.24, 2.45) is 5.73 Å². The second-order valence-electron chi connectivity index (χ2n) is 4.51. The van der Waals surface area contributed by atoms with Gasteiger partial charge in [-0.05, 0) is 12.1 Å². The Balaban J connectivity index is 2.14. The van der Waals surface area contributed by atoms with E-state index >= 15 is 0 Å². The Hall–Kier alpha value is -2.14. The zero-order valence-electron chi connectivity index (χ0n) is 10.5. The van der Waals surface area contributed by atoms with E-state index in [4.69, 9.17) is 10.5 Å². The summed E-state index contributed by atoms with van der Waals surface area (Å²) in [5, 5.41) is 1.01. The molecule has 5 heteroatoms. The second-order valence-corrected chi connectivity index (χ2v) is 4.51. The van der Waals surface area contributed by atoms with Crippen LogP contribution in [0.15, 0.2) is 30.3 Å². The molecule has 2 heterocycles. The first kappa shape index (κ1) is 11.9. The summed E-state index contributed by atoms with van der Waals surface area (Å²) in [7, 11) is 0. The van der Waals surface area contributed by atoms with Crippen LogP contribution < -0.4 is 10.6 Å². The molecule has 0 bridgehead atoms. The molecule has 1 aromatic heterocycles. The Bertz CT molecular complexity index is 621. The molecule has 0 spiro atoms. The van der Waals surface area contributed by atoms with Crippen molar-refractivity contribution in [3.05, 3.63) is 36.0 Å². The number of rotatable bonds is 2. The minimum Gasteiger partial charge on any atom is -0.378 e. The molecule has 1 fully saturated rings. The first-order valence-corrected chi connectivity index (χ1v) is 6.28. The third-order valence-electron chi connectivity index (χ3n) is 3.29. The Kier molecular flexibility index (Phi) is 3.05. The molecule has 1 aliphatic rings. The monoisotopic (exact) mass is 257 g/mol. The summed E-state index contributed by atoms with van der Waals surface area (Å²) < 4.78 is 5.33. The summed E-state index contributed by atoms with van der Waals surface area (Å²) in [6.45, 7) is 2.82. The first-order valence-electron chi connectivity index (χ1n) is 6.28. The number of benzene rings is 1. The molecule has 0 saturated carbocycles. The number of primary amides is 1. The van der Waals surface area contributed by atoms with Crippen LogP contribution in [-0.4, -0.2) is 37.2 Å². The molecule has 2 N–H and O–H groups in total. The normalized spacial score (nSPS) is 15.7. The van der Waals surface area contributed by atoms with Crippen LogP contribution in [0.5, 0.6) is 0 Å². The largest absolute Gasteiger partial charge is 0.378 e. The molecule has 0 unspecified atom stereocenters. The van der Waals surface area contributed by atoms with Gasteiger partial charge in [-0.3, -0.25) is 4.79 Å². The van der Waals surface area contributed by atoms with Crippen molar-refractivity contribution in [3.8, 4) is 0 Å². The van der Waals surface area contributed by atoms with Gasteiger partial charge in [0.05, 0.1) is 24.4 Å². The number of fused-ring (bicyclic) bond motifs is 1. The predicted octanol–water partition coefficient (Wildman–Crippen LogP) is 1.17. The van der Waals surface area contributed by atoms with E-state index < -0.39 is 5.91 Å². The fraction of sp³-hybridized carbons (Fsp3) is 0.286. The van der Waals surface area contributed by atoms with E-state index in [1.165, 1.54) is 0 Å². The van der Waals surface area contributed by atoms with Gasteiger partial charge in [0, 0.05) is 18.5 Å². The lowest BCUT2D eigenvalue weighted by Gasteiger charge is -2.29. The number of anilines is 1. The van der Waals surface area contributed by atoms with Crippen LogP contribution >= 0.6 is 0 Å². The van der Waals surface area contributed by atoms with E-state index in [0.717, 1.165) is 29.7 Å². The maximum Gasteiger partial charge on any atom is 0.269 e. The van der Waals surface area contributed by atoms with Gasteiger partial charge >= 0.3 is 0 Å². The summed E-state index contributed by atoms with van der Waals surface area (Å²) in [6, 6.07) is 9.70. The molecule has 0 atom stereocenters. The number of carbonyl (C=O) groups is 1. The molecule has 1 amide bonds. The minimum absolute atomic E-state index is 0.334. The average Bonchev–Trinajstić information content (AvgIpc) is 2.46. The summed E-state index contributed by atoms with van der Waals surface area (Å²) >= 11 is 0. The zero-order valence-corrected chi connectivity index (χ0v) is 10.5. The topological polar surface area (TPSA) is 68.5 Å². The Morgan fingerprint density at radius 3 is 2.74 bits per heavy atom. The van der Waals surface area contributed by atoms with Crippen molar-refractivity contribution in [1.82, 2.24) is 4.98 Å². The Morgan fingerprint density at radius 2 is 2.00 bits per heavy atom. The van der Waals surface area contributed by atoms with Gasteiger partial charge in [-0.25, -0.2) is 4.98 Å². The molecule has 2 aromatic rings. The van der Waals surface area contributed by atoms with Gasteiger partial charge in [-0.2, -0.15) is 0 Å². The zero-order chi connectivity index (χ0) is 13.2. The predicted molar refractivity (Wildman–Crippen MR) is 73.3 cm³/mol. The van der Waals surface area contributed by atoms with E-state index in [1.807, 2.05) is 30.3 Å². The molecule has 5 nitrogen and oxygen atoms in total. The number of pyridine rings is 1. The fourth-order valence-corrected chi connectivity index (χ4v) is 2.33. The van der Waals surface area contributed by atoms with Crippen LogP contribution in [0.2, 0.25) is 0 Å². The van der Waals surface area contributed by atoms with Crippen LogP contribution in [-0.2, 0) is 4.74 Å². The number of hydrogen-bond donors (Lipinski definition) is 1. The number of amides is 1. The smallest absolute Gasteiger partial charge is 0.269 e. The van der Waals surface area contributed by atoms with Crippen LogP contribution in [0.3, 0.4) is 0 Å². The highest BCUT2D eigenvalue weighted by Gasteiger charge is 2.19. The lowest BCUT2D eigenvalue weighted by molar-refractivity contribution is 0.0994. The number of nitrogens with zero attached hydrogens (tertiary/aromatic N) is 2. The molecule has 1 aliphatic heterocycles. The minimum atomic E-state index is -0.493. The summed E-state index contributed by atoms with van der Waals surface area (Å²) in [5.41, 5.74) is 7.37. The highest BCUT2D eigenvalue weighted by atomic mass is 16.5. The first-order chi connectivity index (χ1) is 9.25. The van der Waals surface area contributed by atoms with E-state index in [9.17, 15) is 4.79 Å². The number of aromatic nitrogens is 1. The van der Waals surface area contributed by atoms with Crippen LogP contribution in [0, 0.1) is 0 Å². The van der Waals surface area contributed by atoms with Crippen molar-refractivity contribution in [1.29, 1.82) is 0 Å². The molecule has 1 saturated heterocycles. The quantitative estimate of drug-likeness (QED) is 0.877. The summed E-state index contributed by atoms with van der Waals surface area (Å²) in [6.07, 6.45) is 0. The average molecular weight is 257 g/mol. The van der Waals surface area contributed by atoms with Gasteiger partial charge in [0.2, 0.25) is 0 Å². The Morgan fingerprint density at radius 1 is 1.26 bits per heavy atom. The standard InChI is InChI=1S/C14H15N3O2/c15-14(18)13-12(17-5-7-19-8-6-17)9-10-3-1-2-4-11(10)16-13/h1-4,9H,5-8H2,(H2,15,18). The fourth-order valence-electron chi connectivity index (χ4n) is 2.33. The molecular weight excluding hydrogens is 242 g/mol. The lowest BCUT2D eigenvalue weighted by atomic mass is 10.1. The molecular formula is C14H15N3O2. The van der Waals surface area contributed by atoms with Crippen molar-refractivity contribution in [2.45, 2.75) is 0 Å². The number of nitrogens with two attached hydrogens (primary N) is 1. The van der Waals surface area contributed by atoms with E-state index in [0.29, 0.717) is 18.9 Å². The van der Waals surface area contributed by atoms with Crippen molar-refractivity contribution in [3.63, 3.8) is 0 Å². The van der Waals surface area contributed by atoms with Crippen LogP contribution in [0.4, 0.5) is 5.69 Å². The number of morpholine rings is 1. The number of hydrogen-bond acceptors (Lipinski definition) is 4. The van der Waals surface area contributed by atoms with Crippen LogP contribution in [0.25, 0.3) is 10.9 Å². The maximum atomic E-state index is 11.6. The SMILES string of the molecule is NC(=O)c1nc2ccccc2cc1N1CCOCC1. The molecule has 3 rings (SSSR count). The van der Waals surface area contributed by atoms with Crippen molar-refractivity contribution in [2.75, 3.05) is 31.2 Å². The number of carbonyl (C=O) groups excluding carboxylic acids is 1. The maximum absolute atomic E-state index is 11.6. The van der Waals surface area contributed by atoms with Gasteiger partial charge in [0.1, 0.15) is 0 Å². The van der Waals surface area contributed by atoms with Gasteiger partial charge < -0.3 is 15.4 Å². The summed E-state index contributed by atoms with van der Waals surface area (Å²) in [4.78, 5) is 18.1. The van der Waals surface area contributed by atoms with Gasteiger partial charge in [0.25, 0.3) is 5.91 Å². The molecule has 0 radical (unpaired) electrons. The summed E-state index contributed by atoms with van der Waals surface area (Å²) in [5.74, 6) is -0.493. The highest BCUT2D eigenvalue weighted by Crippen LogP contribution is 2.25. The van der Waals surface area contributed by atoms with Crippen molar-refractivity contribution >= 4 is 22.5 Å². The molecule has 0 aliphatic carbocycles. The van der Waals surface area contributed by atoms with E-state index in [2.05, 4.69) is 9.88 Å². The van der Waals surface area contributed by atoms with Gasteiger partial charge in [0.15, 0.2) is 5.69 Å². The molecule has 98 valence electrons.